The highest BCUT2D eigenvalue weighted by Crippen LogP contribution is 2.25. The molecule has 1 amide bonds. The number of piperidine rings is 1. The van der Waals surface area contributed by atoms with Crippen LogP contribution in [0.25, 0.3) is 16.8 Å². The van der Waals surface area contributed by atoms with Crippen LogP contribution in [0.15, 0.2) is 67.0 Å². The molecular weight excluding hydrogens is 422 g/mol. The highest BCUT2D eigenvalue weighted by Gasteiger charge is 2.22. The molecule has 34 heavy (non-hydrogen) atoms. The second kappa shape index (κ2) is 10.8. The molecule has 0 radical (unpaired) electrons. The summed E-state index contributed by atoms with van der Waals surface area (Å²) in [4.78, 5) is 24.2. The Morgan fingerprint density at radius 1 is 1.09 bits per heavy atom. The highest BCUT2D eigenvalue weighted by atomic mass is 16.2. The summed E-state index contributed by atoms with van der Waals surface area (Å²) >= 11 is 0. The Balaban J connectivity index is 1.54. The van der Waals surface area contributed by atoms with E-state index in [-0.39, 0.29) is 5.91 Å². The molecule has 0 atom stereocenters. The molecule has 0 saturated carbocycles. The van der Waals surface area contributed by atoms with Crippen LogP contribution in [-0.2, 0) is 0 Å². The lowest BCUT2D eigenvalue weighted by atomic mass is 9.94. The Bertz CT molecular complexity index is 1200. The predicted molar refractivity (Wildman–Crippen MR) is 134 cm³/mol. The van der Waals surface area contributed by atoms with E-state index in [1.54, 1.807) is 18.3 Å². The minimum atomic E-state index is 0.101. The Labute approximate surface area is 201 Å². The molecule has 1 fully saturated rings. The minimum absolute atomic E-state index is 0.101. The van der Waals surface area contributed by atoms with Gasteiger partial charge in [-0.3, -0.25) is 4.79 Å². The highest BCUT2D eigenvalue weighted by molar-refractivity contribution is 5.94. The molecule has 2 aromatic carbocycles. The number of hydrogen-bond donors (Lipinski definition) is 1. The van der Waals surface area contributed by atoms with Crippen molar-refractivity contribution in [3.8, 4) is 17.3 Å². The first-order valence-corrected chi connectivity index (χ1v) is 11.7. The molecule has 1 N–H and O–H groups in total. The van der Waals surface area contributed by atoms with Gasteiger partial charge < -0.3 is 10.2 Å². The van der Waals surface area contributed by atoms with E-state index in [1.165, 1.54) is 6.42 Å². The number of amides is 1. The quantitative estimate of drug-likeness (QED) is 0.577. The third-order valence-electron chi connectivity index (χ3n) is 6.42. The Hall–Kier alpha value is -3.98. The average Bonchev–Trinajstić information content (AvgIpc) is 2.91. The van der Waals surface area contributed by atoms with Crippen molar-refractivity contribution in [1.82, 2.24) is 20.2 Å². The number of carbonyl (C=O) groups is 1. The number of nitrogens with zero attached hydrogens (tertiary/aromatic N) is 4. The zero-order chi connectivity index (χ0) is 23.9. The lowest BCUT2D eigenvalue weighted by Gasteiger charge is -2.31. The van der Waals surface area contributed by atoms with Gasteiger partial charge in [0, 0.05) is 49.2 Å². The third kappa shape index (κ3) is 5.15. The maximum atomic E-state index is 12.9. The van der Waals surface area contributed by atoms with Gasteiger partial charge in [0.2, 0.25) is 0 Å². The van der Waals surface area contributed by atoms with Crippen LogP contribution < -0.4 is 5.32 Å². The van der Waals surface area contributed by atoms with Gasteiger partial charge in [0.05, 0.1) is 17.3 Å². The van der Waals surface area contributed by atoms with Crippen LogP contribution in [0.4, 0.5) is 0 Å². The summed E-state index contributed by atoms with van der Waals surface area (Å²) in [5, 5.41) is 12.1. The number of likely N-dealkylation sites (tertiary alicyclic amines) is 1. The summed E-state index contributed by atoms with van der Waals surface area (Å²) < 4.78 is 0. The van der Waals surface area contributed by atoms with E-state index in [4.69, 9.17) is 10.2 Å². The molecule has 172 valence electrons. The summed E-state index contributed by atoms with van der Waals surface area (Å²) in [7, 11) is 1.83. The van der Waals surface area contributed by atoms with Crippen LogP contribution in [-0.4, -0.2) is 40.9 Å². The minimum Gasteiger partial charge on any atom is -0.393 e. The Kier molecular flexibility index (Phi) is 7.34. The summed E-state index contributed by atoms with van der Waals surface area (Å²) in [6, 6.07) is 19.0. The SMILES string of the molecule is CCC1CCN(C(=O)c2ccc(-c3ccnc(C(=CNC)c4ccc(C#N)cc4)n3)cc2)CC1. The molecule has 1 aromatic heterocycles. The van der Waals surface area contributed by atoms with E-state index in [2.05, 4.69) is 23.3 Å². The lowest BCUT2D eigenvalue weighted by molar-refractivity contribution is 0.0689. The normalized spacial score (nSPS) is 14.5. The summed E-state index contributed by atoms with van der Waals surface area (Å²) in [6.07, 6.45) is 6.96. The molecule has 4 rings (SSSR count). The first kappa shape index (κ1) is 23.2. The average molecular weight is 452 g/mol. The number of nitrogens with one attached hydrogen (secondary N) is 1. The van der Waals surface area contributed by atoms with Gasteiger partial charge in [-0.1, -0.05) is 37.6 Å². The van der Waals surface area contributed by atoms with Crippen molar-refractivity contribution in [3.05, 3.63) is 89.5 Å². The first-order chi connectivity index (χ1) is 16.6. The fourth-order valence-corrected chi connectivity index (χ4v) is 4.31. The summed E-state index contributed by atoms with van der Waals surface area (Å²) in [6.45, 7) is 3.90. The van der Waals surface area contributed by atoms with Crippen molar-refractivity contribution in [2.45, 2.75) is 26.2 Å². The van der Waals surface area contributed by atoms with E-state index >= 15 is 0 Å². The van der Waals surface area contributed by atoms with Gasteiger partial charge in [-0.05, 0) is 54.7 Å². The number of nitriles is 1. The molecule has 1 aliphatic rings. The summed E-state index contributed by atoms with van der Waals surface area (Å²) in [5.41, 5.74) is 4.76. The third-order valence-corrected chi connectivity index (χ3v) is 6.42. The van der Waals surface area contributed by atoms with Gasteiger partial charge in [-0.2, -0.15) is 5.26 Å². The van der Waals surface area contributed by atoms with Gasteiger partial charge in [0.15, 0.2) is 5.82 Å². The van der Waals surface area contributed by atoms with Gasteiger partial charge >= 0.3 is 0 Å². The van der Waals surface area contributed by atoms with E-state index < -0.39 is 0 Å². The maximum Gasteiger partial charge on any atom is 0.253 e. The van der Waals surface area contributed by atoms with Gasteiger partial charge in [-0.25, -0.2) is 9.97 Å². The Morgan fingerprint density at radius 2 is 1.76 bits per heavy atom. The number of hydrogen-bond acceptors (Lipinski definition) is 5. The number of aromatic nitrogens is 2. The molecule has 1 aliphatic heterocycles. The largest absolute Gasteiger partial charge is 0.393 e. The topological polar surface area (TPSA) is 81.9 Å². The molecule has 6 nitrogen and oxygen atoms in total. The molecule has 0 aliphatic carbocycles. The van der Waals surface area contributed by atoms with Crippen molar-refractivity contribution < 1.29 is 4.79 Å². The molecule has 3 aromatic rings. The smallest absolute Gasteiger partial charge is 0.253 e. The molecule has 0 spiro atoms. The standard InChI is InChI=1S/C28H29N5O/c1-3-20-13-16-33(17-14-20)28(34)24-10-8-23(9-11-24)26-12-15-31-27(32-26)25(19-30-2)22-6-4-21(18-29)5-7-22/h4-12,15,19-20,30H,3,13-14,16-17H2,1-2H3. The van der Waals surface area contributed by atoms with Gasteiger partial charge in [0.25, 0.3) is 5.91 Å². The zero-order valence-electron chi connectivity index (χ0n) is 19.7. The van der Waals surface area contributed by atoms with E-state index in [0.29, 0.717) is 17.0 Å². The lowest BCUT2D eigenvalue weighted by Crippen LogP contribution is -2.38. The van der Waals surface area contributed by atoms with Crippen LogP contribution in [0.1, 0.15) is 53.5 Å². The van der Waals surface area contributed by atoms with Gasteiger partial charge in [-0.15, -0.1) is 0 Å². The van der Waals surface area contributed by atoms with Crippen LogP contribution >= 0.6 is 0 Å². The van der Waals surface area contributed by atoms with Crippen molar-refractivity contribution >= 4 is 11.5 Å². The monoisotopic (exact) mass is 451 g/mol. The van der Waals surface area contributed by atoms with Crippen molar-refractivity contribution in [2.75, 3.05) is 20.1 Å². The second-order valence-electron chi connectivity index (χ2n) is 8.52. The number of benzene rings is 2. The second-order valence-corrected chi connectivity index (χ2v) is 8.52. The van der Waals surface area contributed by atoms with Crippen molar-refractivity contribution in [1.29, 1.82) is 5.26 Å². The maximum absolute atomic E-state index is 12.9. The van der Waals surface area contributed by atoms with Crippen LogP contribution in [0.5, 0.6) is 0 Å². The van der Waals surface area contributed by atoms with E-state index in [1.807, 2.05) is 60.6 Å². The van der Waals surface area contributed by atoms with E-state index in [9.17, 15) is 4.79 Å². The molecule has 6 heteroatoms. The summed E-state index contributed by atoms with van der Waals surface area (Å²) in [5.74, 6) is 1.42. The molecule has 2 heterocycles. The zero-order valence-corrected chi connectivity index (χ0v) is 19.7. The fourth-order valence-electron chi connectivity index (χ4n) is 4.31. The molecule has 0 bridgehead atoms. The Morgan fingerprint density at radius 3 is 2.38 bits per heavy atom. The van der Waals surface area contributed by atoms with E-state index in [0.717, 1.165) is 54.2 Å². The number of rotatable bonds is 6. The van der Waals surface area contributed by atoms with Gasteiger partial charge in [0.1, 0.15) is 0 Å². The van der Waals surface area contributed by atoms with Crippen LogP contribution in [0.3, 0.4) is 0 Å². The number of carbonyl (C=O) groups excluding carboxylic acids is 1. The fraction of sp³-hybridized carbons (Fsp3) is 0.286. The van der Waals surface area contributed by atoms with Crippen molar-refractivity contribution in [3.63, 3.8) is 0 Å². The predicted octanol–water partition coefficient (Wildman–Crippen LogP) is 4.89. The molecule has 1 saturated heterocycles. The van der Waals surface area contributed by atoms with Crippen LogP contribution in [0, 0.1) is 17.2 Å². The molecular formula is C28H29N5O. The van der Waals surface area contributed by atoms with Crippen molar-refractivity contribution in [2.24, 2.45) is 5.92 Å². The first-order valence-electron chi connectivity index (χ1n) is 11.7. The van der Waals surface area contributed by atoms with Crippen LogP contribution in [0.2, 0.25) is 0 Å². The molecule has 0 unspecified atom stereocenters.